The van der Waals surface area contributed by atoms with Gasteiger partial charge in [-0.2, -0.15) is 0 Å². The lowest BCUT2D eigenvalue weighted by Gasteiger charge is -2.35. The highest BCUT2D eigenvalue weighted by molar-refractivity contribution is 7.99. The quantitative estimate of drug-likeness (QED) is 0.753. The summed E-state index contributed by atoms with van der Waals surface area (Å²) in [5, 5.41) is 15.4. The number of aliphatic hydroxyl groups excluding tert-OH is 1. The molecule has 2 saturated carbocycles. The van der Waals surface area contributed by atoms with E-state index in [1.807, 2.05) is 12.1 Å². The van der Waals surface area contributed by atoms with E-state index in [2.05, 4.69) is 10.3 Å². The number of pyridine rings is 1. The Morgan fingerprint density at radius 2 is 2.24 bits per heavy atom. The summed E-state index contributed by atoms with van der Waals surface area (Å²) in [7, 11) is 0. The Labute approximate surface area is 135 Å². The smallest absolute Gasteiger partial charge is 0.0960 e. The van der Waals surface area contributed by atoms with Crippen molar-refractivity contribution in [1.82, 2.24) is 10.3 Å². The second kappa shape index (κ2) is 6.86. The van der Waals surface area contributed by atoms with E-state index >= 15 is 0 Å². The molecule has 0 bridgehead atoms. The summed E-state index contributed by atoms with van der Waals surface area (Å²) >= 11 is 7.63. The highest BCUT2D eigenvalue weighted by Gasteiger charge is 2.44. The predicted octanol–water partition coefficient (Wildman–Crippen LogP) is 3.50. The molecule has 2 aliphatic rings. The van der Waals surface area contributed by atoms with E-state index in [4.69, 9.17) is 11.6 Å². The van der Waals surface area contributed by atoms with Crippen LogP contribution < -0.4 is 5.32 Å². The second-order valence-electron chi connectivity index (χ2n) is 6.27. The van der Waals surface area contributed by atoms with E-state index in [-0.39, 0.29) is 12.1 Å². The normalized spacial score (nSPS) is 29.0. The molecular formula is C16H23ClN2OS. The molecule has 5 heteroatoms. The minimum absolute atomic E-state index is 0.0187. The fourth-order valence-corrected chi connectivity index (χ4v) is 4.41. The highest BCUT2D eigenvalue weighted by Crippen LogP contribution is 2.41. The number of hydrogen-bond acceptors (Lipinski definition) is 4. The number of hydrogen-bond donors (Lipinski definition) is 2. The number of rotatable bonds is 7. The molecular weight excluding hydrogens is 304 g/mol. The maximum absolute atomic E-state index is 9.91. The minimum Gasteiger partial charge on any atom is -0.394 e. The largest absolute Gasteiger partial charge is 0.394 e. The van der Waals surface area contributed by atoms with Gasteiger partial charge in [0.25, 0.3) is 0 Å². The molecule has 0 aliphatic heterocycles. The molecule has 0 amide bonds. The van der Waals surface area contributed by atoms with Crippen LogP contribution in [0.1, 0.15) is 38.5 Å². The van der Waals surface area contributed by atoms with Crippen LogP contribution in [0.3, 0.4) is 0 Å². The first kappa shape index (κ1) is 15.6. The fourth-order valence-electron chi connectivity index (χ4n) is 3.40. The van der Waals surface area contributed by atoms with Gasteiger partial charge in [-0.05, 0) is 55.9 Å². The van der Waals surface area contributed by atoms with Crippen LogP contribution in [-0.4, -0.2) is 34.0 Å². The monoisotopic (exact) mass is 326 g/mol. The Morgan fingerprint density at radius 3 is 2.90 bits per heavy atom. The summed E-state index contributed by atoms with van der Waals surface area (Å²) in [5.41, 5.74) is -0.0187. The molecule has 2 aliphatic carbocycles. The van der Waals surface area contributed by atoms with Crippen LogP contribution in [0, 0.1) is 5.92 Å². The van der Waals surface area contributed by atoms with Crippen LogP contribution in [0.15, 0.2) is 23.4 Å². The molecule has 116 valence electrons. The molecule has 0 aromatic carbocycles. The number of thioether (sulfide) groups is 1. The number of nitrogens with zero attached hydrogens (tertiary/aromatic N) is 1. The van der Waals surface area contributed by atoms with Crippen molar-refractivity contribution in [1.29, 1.82) is 0 Å². The first-order chi connectivity index (χ1) is 10.2. The zero-order chi connectivity index (χ0) is 14.7. The summed E-state index contributed by atoms with van der Waals surface area (Å²) in [4.78, 5) is 4.32. The van der Waals surface area contributed by atoms with E-state index in [1.54, 1.807) is 18.0 Å². The van der Waals surface area contributed by atoms with E-state index in [9.17, 15) is 5.11 Å². The lowest BCUT2D eigenvalue weighted by molar-refractivity contribution is 0.120. The second-order valence-corrected chi connectivity index (χ2v) is 7.83. The van der Waals surface area contributed by atoms with Gasteiger partial charge in [0.15, 0.2) is 0 Å². The molecule has 0 radical (unpaired) electrons. The highest BCUT2D eigenvalue weighted by atomic mass is 35.5. The van der Waals surface area contributed by atoms with Crippen molar-refractivity contribution in [3.8, 4) is 0 Å². The third-order valence-corrected chi connectivity index (χ3v) is 5.93. The van der Waals surface area contributed by atoms with Crippen molar-refractivity contribution >= 4 is 23.4 Å². The summed E-state index contributed by atoms with van der Waals surface area (Å²) in [6.45, 7) is 0.276. The Balaban J connectivity index is 1.52. The van der Waals surface area contributed by atoms with Gasteiger partial charge in [0.1, 0.15) is 0 Å². The topological polar surface area (TPSA) is 45.1 Å². The van der Waals surface area contributed by atoms with Crippen LogP contribution in [0.25, 0.3) is 0 Å². The maximum atomic E-state index is 9.91. The molecule has 1 heterocycles. The fraction of sp³-hybridized carbons (Fsp3) is 0.688. The molecule has 0 saturated heterocycles. The molecule has 3 rings (SSSR count). The Morgan fingerprint density at radius 1 is 1.38 bits per heavy atom. The maximum Gasteiger partial charge on any atom is 0.0960 e. The summed E-state index contributed by atoms with van der Waals surface area (Å²) < 4.78 is 0. The van der Waals surface area contributed by atoms with Crippen molar-refractivity contribution in [3.63, 3.8) is 0 Å². The van der Waals surface area contributed by atoms with Crippen LogP contribution in [0.4, 0.5) is 0 Å². The molecule has 21 heavy (non-hydrogen) atoms. The molecule has 0 spiro atoms. The zero-order valence-corrected chi connectivity index (χ0v) is 13.8. The van der Waals surface area contributed by atoms with Crippen LogP contribution >= 0.6 is 23.4 Å². The predicted molar refractivity (Wildman–Crippen MR) is 87.9 cm³/mol. The molecule has 1 aromatic rings. The van der Waals surface area contributed by atoms with E-state index in [0.29, 0.717) is 17.0 Å². The van der Waals surface area contributed by atoms with E-state index in [1.165, 1.54) is 25.7 Å². The van der Waals surface area contributed by atoms with Gasteiger partial charge in [-0.3, -0.25) is 0 Å². The van der Waals surface area contributed by atoms with Crippen LogP contribution in [-0.2, 0) is 0 Å². The molecule has 2 unspecified atom stereocenters. The van der Waals surface area contributed by atoms with Crippen molar-refractivity contribution < 1.29 is 5.11 Å². The first-order valence-electron chi connectivity index (χ1n) is 7.85. The van der Waals surface area contributed by atoms with E-state index in [0.717, 1.165) is 23.6 Å². The Bertz CT molecular complexity index is 466. The van der Waals surface area contributed by atoms with Gasteiger partial charge in [0, 0.05) is 17.8 Å². The SMILES string of the molecule is OCC1(NC2CC2)CCCC1CCSc1ccc(Cl)cn1. The number of nitrogens with one attached hydrogen (secondary N) is 1. The summed E-state index contributed by atoms with van der Waals surface area (Å²) in [6, 6.07) is 4.52. The molecule has 3 nitrogen and oxygen atoms in total. The summed E-state index contributed by atoms with van der Waals surface area (Å²) in [5.74, 6) is 1.64. The van der Waals surface area contributed by atoms with Gasteiger partial charge in [-0.1, -0.05) is 18.0 Å². The van der Waals surface area contributed by atoms with E-state index < -0.39 is 0 Å². The Hall–Kier alpha value is -0.290. The third kappa shape index (κ3) is 3.92. The van der Waals surface area contributed by atoms with Crippen LogP contribution in [0.2, 0.25) is 5.02 Å². The van der Waals surface area contributed by atoms with Crippen molar-refractivity contribution in [2.45, 2.75) is 55.1 Å². The van der Waals surface area contributed by atoms with Crippen molar-refractivity contribution in [3.05, 3.63) is 23.4 Å². The van der Waals surface area contributed by atoms with Gasteiger partial charge in [-0.15, -0.1) is 11.8 Å². The van der Waals surface area contributed by atoms with Crippen molar-refractivity contribution in [2.24, 2.45) is 5.92 Å². The number of halogens is 1. The number of aromatic nitrogens is 1. The average Bonchev–Trinajstić information content (AvgIpc) is 3.21. The number of aliphatic hydroxyl groups is 1. The standard InChI is InChI=1S/C16H23ClN2OS/c17-13-3-6-15(18-10-13)21-9-7-12-2-1-8-16(12,11-20)19-14-4-5-14/h3,6,10,12,14,19-20H,1-2,4-5,7-9,11H2. The van der Waals surface area contributed by atoms with Crippen LogP contribution in [0.5, 0.6) is 0 Å². The van der Waals surface area contributed by atoms with Gasteiger partial charge in [0.2, 0.25) is 0 Å². The third-order valence-electron chi connectivity index (χ3n) is 4.72. The molecule has 2 atom stereocenters. The van der Waals surface area contributed by atoms with Gasteiger partial charge >= 0.3 is 0 Å². The lowest BCUT2D eigenvalue weighted by Crippen LogP contribution is -2.52. The molecule has 2 N–H and O–H groups in total. The lowest BCUT2D eigenvalue weighted by atomic mass is 9.85. The van der Waals surface area contributed by atoms with Gasteiger partial charge < -0.3 is 10.4 Å². The van der Waals surface area contributed by atoms with Crippen molar-refractivity contribution in [2.75, 3.05) is 12.4 Å². The Kier molecular flexibility index (Phi) is 5.10. The molecule has 1 aromatic heterocycles. The molecule has 2 fully saturated rings. The van der Waals surface area contributed by atoms with Gasteiger partial charge in [0.05, 0.1) is 16.7 Å². The van der Waals surface area contributed by atoms with Gasteiger partial charge in [-0.25, -0.2) is 4.98 Å². The average molecular weight is 327 g/mol. The minimum atomic E-state index is -0.0187. The summed E-state index contributed by atoms with van der Waals surface area (Å²) in [6.07, 6.45) is 8.97. The zero-order valence-electron chi connectivity index (χ0n) is 12.2. The first-order valence-corrected chi connectivity index (χ1v) is 9.21.